The van der Waals surface area contributed by atoms with Crippen molar-refractivity contribution in [2.45, 2.75) is 11.3 Å². The minimum Gasteiger partial charge on any atom is -0.330 e. The fourth-order valence-corrected chi connectivity index (χ4v) is 3.24. The van der Waals surface area contributed by atoms with Gasteiger partial charge in [0, 0.05) is 11.6 Å². The first kappa shape index (κ1) is 13.0. The number of nitrogens with one attached hydrogen (secondary N) is 1. The van der Waals surface area contributed by atoms with Crippen molar-refractivity contribution in [3.8, 4) is 0 Å². The molecule has 7 heteroatoms. The topological polar surface area (TPSA) is 85.1 Å². The van der Waals surface area contributed by atoms with Crippen molar-refractivity contribution in [3.63, 3.8) is 0 Å². The zero-order chi connectivity index (χ0) is 13.0. The van der Waals surface area contributed by atoms with Crippen molar-refractivity contribution in [1.29, 1.82) is 0 Å². The fourth-order valence-electron chi connectivity index (χ4n) is 1.45. The maximum atomic E-state index is 12.0. The number of hydrogen-bond donors (Lipinski definition) is 2. The van der Waals surface area contributed by atoms with Crippen LogP contribution in [0.3, 0.4) is 0 Å². The predicted octanol–water partition coefficient (Wildman–Crippen LogP) is 1.45. The van der Waals surface area contributed by atoms with Crippen LogP contribution in [0.5, 0.6) is 0 Å². The summed E-state index contributed by atoms with van der Waals surface area (Å²) in [4.78, 5) is 4.11. The van der Waals surface area contributed by atoms with Gasteiger partial charge < -0.3 is 5.73 Å². The van der Waals surface area contributed by atoms with E-state index in [0.717, 1.165) is 12.0 Å². The summed E-state index contributed by atoms with van der Waals surface area (Å²) in [7, 11) is -3.55. The van der Waals surface area contributed by atoms with E-state index in [1.54, 1.807) is 35.8 Å². The lowest BCUT2D eigenvalue weighted by Crippen LogP contribution is -2.12. The van der Waals surface area contributed by atoms with Gasteiger partial charge in [-0.3, -0.25) is 4.72 Å². The van der Waals surface area contributed by atoms with Gasteiger partial charge in [-0.1, -0.05) is 12.1 Å². The second kappa shape index (κ2) is 5.47. The van der Waals surface area contributed by atoms with Crippen LogP contribution in [0, 0.1) is 0 Å². The summed E-state index contributed by atoms with van der Waals surface area (Å²) in [5, 5.41) is 2.07. The molecule has 1 aromatic heterocycles. The van der Waals surface area contributed by atoms with E-state index in [-0.39, 0.29) is 4.90 Å². The first-order valence-corrected chi connectivity index (χ1v) is 7.69. The number of nitrogens with zero attached hydrogens (tertiary/aromatic N) is 1. The third-order valence-corrected chi connectivity index (χ3v) is 4.49. The standard InChI is InChI=1S/C11H13N3O2S2/c12-6-5-9-1-3-10(4-2-9)18(15,16)14-11-13-7-8-17-11/h1-4,7-8H,5-6,12H2,(H,13,14). The lowest BCUT2D eigenvalue weighted by atomic mass is 10.2. The Balaban J connectivity index is 2.19. The highest BCUT2D eigenvalue weighted by Crippen LogP contribution is 2.18. The molecule has 0 spiro atoms. The molecule has 0 saturated heterocycles. The van der Waals surface area contributed by atoms with Crippen LogP contribution in [0.25, 0.3) is 0 Å². The molecule has 3 N–H and O–H groups in total. The first-order valence-electron chi connectivity index (χ1n) is 5.33. The SMILES string of the molecule is NCCc1ccc(S(=O)(=O)Nc2nccs2)cc1. The number of thiazole rings is 1. The quantitative estimate of drug-likeness (QED) is 0.869. The third-order valence-electron chi connectivity index (χ3n) is 2.32. The Hall–Kier alpha value is -1.44. The average molecular weight is 283 g/mol. The van der Waals surface area contributed by atoms with Crippen molar-refractivity contribution < 1.29 is 8.42 Å². The Labute approximate surface area is 110 Å². The Morgan fingerprint density at radius 2 is 2.00 bits per heavy atom. The first-order chi connectivity index (χ1) is 8.62. The maximum absolute atomic E-state index is 12.0. The summed E-state index contributed by atoms with van der Waals surface area (Å²) < 4.78 is 26.4. The van der Waals surface area contributed by atoms with Gasteiger partial charge in [0.15, 0.2) is 5.13 Å². The number of rotatable bonds is 5. The average Bonchev–Trinajstić information content (AvgIpc) is 2.82. The van der Waals surface area contributed by atoms with E-state index < -0.39 is 10.0 Å². The number of benzene rings is 1. The molecule has 0 unspecified atom stereocenters. The molecular weight excluding hydrogens is 270 g/mol. The molecule has 0 atom stereocenters. The molecule has 96 valence electrons. The van der Waals surface area contributed by atoms with Gasteiger partial charge >= 0.3 is 0 Å². The number of hydrogen-bond acceptors (Lipinski definition) is 5. The third kappa shape index (κ3) is 3.06. The molecule has 18 heavy (non-hydrogen) atoms. The van der Waals surface area contributed by atoms with E-state index >= 15 is 0 Å². The molecule has 0 fully saturated rings. The van der Waals surface area contributed by atoms with Crippen molar-refractivity contribution >= 4 is 26.5 Å². The van der Waals surface area contributed by atoms with E-state index in [1.165, 1.54) is 11.3 Å². The fraction of sp³-hybridized carbons (Fsp3) is 0.182. The van der Waals surface area contributed by atoms with E-state index in [4.69, 9.17) is 5.73 Å². The van der Waals surface area contributed by atoms with Crippen LogP contribution in [0.15, 0.2) is 40.7 Å². The Morgan fingerprint density at radius 1 is 1.28 bits per heavy atom. The van der Waals surface area contributed by atoms with Gasteiger partial charge in [-0.15, -0.1) is 11.3 Å². The van der Waals surface area contributed by atoms with Gasteiger partial charge in [-0.05, 0) is 30.7 Å². The zero-order valence-electron chi connectivity index (χ0n) is 9.54. The number of nitrogens with two attached hydrogens (primary N) is 1. The molecule has 0 radical (unpaired) electrons. The second-order valence-electron chi connectivity index (χ2n) is 3.63. The summed E-state index contributed by atoms with van der Waals surface area (Å²) >= 11 is 1.24. The largest absolute Gasteiger partial charge is 0.330 e. The van der Waals surface area contributed by atoms with Crippen LogP contribution in [0.4, 0.5) is 5.13 Å². The van der Waals surface area contributed by atoms with Gasteiger partial charge in [0.25, 0.3) is 10.0 Å². The Kier molecular flexibility index (Phi) is 3.95. The molecule has 0 aliphatic rings. The van der Waals surface area contributed by atoms with Crippen LogP contribution in [0.1, 0.15) is 5.56 Å². The summed E-state index contributed by atoms with van der Waals surface area (Å²) in [5.74, 6) is 0. The molecular formula is C11H13N3O2S2. The lowest BCUT2D eigenvalue weighted by Gasteiger charge is -2.06. The maximum Gasteiger partial charge on any atom is 0.263 e. The molecule has 2 rings (SSSR count). The summed E-state index contributed by atoms with van der Waals surface area (Å²) in [6.45, 7) is 0.545. The molecule has 0 aliphatic carbocycles. The minimum absolute atomic E-state index is 0.221. The molecule has 5 nitrogen and oxygen atoms in total. The van der Waals surface area contributed by atoms with Crippen LogP contribution in [-0.4, -0.2) is 19.9 Å². The van der Waals surface area contributed by atoms with Crippen molar-refractivity contribution in [1.82, 2.24) is 4.98 Å². The molecule has 0 bridgehead atoms. The van der Waals surface area contributed by atoms with Crippen LogP contribution in [0.2, 0.25) is 0 Å². The summed E-state index contributed by atoms with van der Waals surface area (Å²) in [6.07, 6.45) is 2.28. The highest BCUT2D eigenvalue weighted by atomic mass is 32.2. The van der Waals surface area contributed by atoms with Crippen LogP contribution < -0.4 is 10.5 Å². The predicted molar refractivity (Wildman–Crippen MR) is 72.1 cm³/mol. The van der Waals surface area contributed by atoms with Gasteiger partial charge in [0.05, 0.1) is 4.90 Å². The smallest absolute Gasteiger partial charge is 0.263 e. The number of anilines is 1. The van der Waals surface area contributed by atoms with Gasteiger partial charge in [-0.25, -0.2) is 13.4 Å². The van der Waals surface area contributed by atoms with Crippen molar-refractivity contribution in [3.05, 3.63) is 41.4 Å². The highest BCUT2D eigenvalue weighted by molar-refractivity contribution is 7.93. The van der Waals surface area contributed by atoms with E-state index in [1.807, 2.05) is 0 Å². The monoisotopic (exact) mass is 283 g/mol. The molecule has 0 amide bonds. The molecule has 0 saturated carbocycles. The summed E-state index contributed by atoms with van der Waals surface area (Å²) in [6, 6.07) is 6.68. The minimum atomic E-state index is -3.55. The molecule has 0 aliphatic heterocycles. The van der Waals surface area contributed by atoms with Crippen LogP contribution in [-0.2, 0) is 16.4 Å². The van der Waals surface area contributed by atoms with Gasteiger partial charge in [0.2, 0.25) is 0 Å². The van der Waals surface area contributed by atoms with Gasteiger partial charge in [0.1, 0.15) is 0 Å². The van der Waals surface area contributed by atoms with Crippen molar-refractivity contribution in [2.75, 3.05) is 11.3 Å². The molecule has 1 heterocycles. The zero-order valence-corrected chi connectivity index (χ0v) is 11.2. The summed E-state index contributed by atoms with van der Waals surface area (Å²) in [5.41, 5.74) is 6.46. The lowest BCUT2D eigenvalue weighted by molar-refractivity contribution is 0.601. The van der Waals surface area contributed by atoms with E-state index in [9.17, 15) is 8.42 Å². The molecule has 2 aromatic rings. The molecule has 1 aromatic carbocycles. The van der Waals surface area contributed by atoms with E-state index in [2.05, 4.69) is 9.71 Å². The van der Waals surface area contributed by atoms with Crippen molar-refractivity contribution in [2.24, 2.45) is 5.73 Å². The normalized spacial score (nSPS) is 11.4. The highest BCUT2D eigenvalue weighted by Gasteiger charge is 2.14. The Bertz CT molecular complexity index is 592. The van der Waals surface area contributed by atoms with E-state index in [0.29, 0.717) is 11.7 Å². The van der Waals surface area contributed by atoms with Crippen LogP contribution >= 0.6 is 11.3 Å². The number of aromatic nitrogens is 1. The second-order valence-corrected chi connectivity index (χ2v) is 6.20. The van der Waals surface area contributed by atoms with Gasteiger partial charge in [-0.2, -0.15) is 0 Å². The number of sulfonamides is 1. The Morgan fingerprint density at radius 3 is 2.56 bits per heavy atom.